The molecular formula is C15H19N3O5. The van der Waals surface area contributed by atoms with E-state index in [0.29, 0.717) is 0 Å². The van der Waals surface area contributed by atoms with Gasteiger partial charge in [-0.2, -0.15) is 0 Å². The number of carbonyl (C=O) groups is 2. The average Bonchev–Trinajstić information content (AvgIpc) is 3.01. The highest BCUT2D eigenvalue weighted by molar-refractivity contribution is 6.27. The van der Waals surface area contributed by atoms with Crippen LogP contribution in [-0.4, -0.2) is 60.8 Å². The summed E-state index contributed by atoms with van der Waals surface area (Å²) in [5.41, 5.74) is 2.45. The number of carboxylic acid groups (broad SMARTS) is 2. The third-order valence-corrected chi connectivity index (χ3v) is 3.48. The molecule has 0 bridgehead atoms. The zero-order valence-electron chi connectivity index (χ0n) is 12.9. The molecule has 0 saturated carbocycles. The van der Waals surface area contributed by atoms with E-state index < -0.39 is 11.9 Å². The van der Waals surface area contributed by atoms with Crippen molar-refractivity contribution in [2.24, 2.45) is 4.99 Å². The molecule has 1 unspecified atom stereocenters. The lowest BCUT2D eigenvalue weighted by Gasteiger charge is -2.34. The Balaban J connectivity index is 0.000000277. The average molecular weight is 321 g/mol. The zero-order valence-corrected chi connectivity index (χ0v) is 12.9. The second kappa shape index (κ2) is 6.99. The molecule has 1 aromatic carbocycles. The number of benzene rings is 1. The Morgan fingerprint density at radius 2 is 2.04 bits per heavy atom. The van der Waals surface area contributed by atoms with Gasteiger partial charge in [-0.3, -0.25) is 4.99 Å². The number of nitrogens with one attached hydrogen (secondary N) is 1. The summed E-state index contributed by atoms with van der Waals surface area (Å²) in [4.78, 5) is 24.9. The number of amidine groups is 1. The third-order valence-electron chi connectivity index (χ3n) is 3.48. The Morgan fingerprint density at radius 3 is 2.61 bits per heavy atom. The number of anilines is 1. The first-order chi connectivity index (χ1) is 10.9. The number of aliphatic imine (C=N–C) groups is 1. The smallest absolute Gasteiger partial charge is 0.414 e. The molecule has 0 aromatic heterocycles. The molecule has 0 radical (unpaired) electrons. The van der Waals surface area contributed by atoms with Gasteiger partial charge in [0.25, 0.3) is 0 Å². The Labute approximate surface area is 133 Å². The SMILES string of the molecule is Cc1cccc2c1N(C)CC(C1=NCCN1)O2.O=C(O)C(=O)O. The number of hydrogen-bond acceptors (Lipinski definition) is 6. The van der Waals surface area contributed by atoms with E-state index in [0.717, 1.165) is 31.2 Å². The van der Waals surface area contributed by atoms with E-state index >= 15 is 0 Å². The molecule has 2 heterocycles. The number of carboxylic acids is 2. The maximum absolute atomic E-state index is 9.10. The summed E-state index contributed by atoms with van der Waals surface area (Å²) in [6.07, 6.45) is 0.0387. The summed E-state index contributed by atoms with van der Waals surface area (Å²) in [7, 11) is 2.11. The van der Waals surface area contributed by atoms with Crippen LogP contribution in [0.2, 0.25) is 0 Å². The van der Waals surface area contributed by atoms with Gasteiger partial charge < -0.3 is 25.2 Å². The molecule has 0 saturated heterocycles. The Kier molecular flexibility index (Phi) is 5.05. The number of fused-ring (bicyclic) bond motifs is 1. The monoisotopic (exact) mass is 321 g/mol. The molecule has 3 N–H and O–H groups in total. The van der Waals surface area contributed by atoms with Crippen LogP contribution in [0, 0.1) is 6.92 Å². The van der Waals surface area contributed by atoms with Crippen LogP contribution in [0.1, 0.15) is 5.56 Å². The lowest BCUT2D eigenvalue weighted by Crippen LogP contribution is -2.46. The van der Waals surface area contributed by atoms with Crippen LogP contribution in [0.5, 0.6) is 5.75 Å². The number of likely N-dealkylation sites (N-methyl/N-ethyl adjacent to an activating group) is 1. The molecule has 124 valence electrons. The fourth-order valence-corrected chi connectivity index (χ4v) is 2.52. The van der Waals surface area contributed by atoms with Gasteiger partial charge in [0.15, 0.2) is 6.10 Å². The summed E-state index contributed by atoms with van der Waals surface area (Å²) >= 11 is 0. The minimum absolute atomic E-state index is 0.0387. The van der Waals surface area contributed by atoms with Crippen LogP contribution in [-0.2, 0) is 9.59 Å². The van der Waals surface area contributed by atoms with Crippen molar-refractivity contribution in [1.82, 2.24) is 5.32 Å². The number of para-hydroxylation sites is 1. The first-order valence-electron chi connectivity index (χ1n) is 7.12. The van der Waals surface area contributed by atoms with E-state index in [1.165, 1.54) is 11.3 Å². The lowest BCUT2D eigenvalue weighted by atomic mass is 10.1. The lowest BCUT2D eigenvalue weighted by molar-refractivity contribution is -0.159. The number of hydrogen-bond donors (Lipinski definition) is 3. The molecule has 3 rings (SSSR count). The standard InChI is InChI=1S/C13H17N3O.C2H2O4/c1-9-4-3-5-10-12(9)16(2)8-11(17-10)13-14-6-7-15-13;3-1(4)2(5)6/h3-5,11H,6-8H2,1-2H3,(H,14,15);(H,3,4)(H,5,6). The summed E-state index contributed by atoms with van der Waals surface area (Å²) in [5, 5.41) is 18.1. The first-order valence-corrected chi connectivity index (χ1v) is 7.12. The van der Waals surface area contributed by atoms with Crippen molar-refractivity contribution in [3.05, 3.63) is 23.8 Å². The van der Waals surface area contributed by atoms with Crippen molar-refractivity contribution >= 4 is 23.5 Å². The number of aryl methyl sites for hydroxylation is 1. The van der Waals surface area contributed by atoms with Crippen molar-refractivity contribution in [3.8, 4) is 5.75 Å². The highest BCUT2D eigenvalue weighted by atomic mass is 16.5. The van der Waals surface area contributed by atoms with Crippen molar-refractivity contribution in [2.45, 2.75) is 13.0 Å². The van der Waals surface area contributed by atoms with Crippen LogP contribution in [0.15, 0.2) is 23.2 Å². The quantitative estimate of drug-likeness (QED) is 0.640. The molecule has 2 aliphatic heterocycles. The predicted molar refractivity (Wildman–Crippen MR) is 84.4 cm³/mol. The minimum Gasteiger partial charge on any atom is -0.478 e. The molecule has 2 aliphatic rings. The van der Waals surface area contributed by atoms with E-state index in [-0.39, 0.29) is 6.10 Å². The van der Waals surface area contributed by atoms with Crippen LogP contribution in [0.3, 0.4) is 0 Å². The molecule has 0 amide bonds. The predicted octanol–water partition coefficient (Wildman–Crippen LogP) is 0.350. The van der Waals surface area contributed by atoms with Gasteiger partial charge in [-0.05, 0) is 18.6 Å². The summed E-state index contributed by atoms with van der Waals surface area (Å²) in [6, 6.07) is 6.18. The molecule has 23 heavy (non-hydrogen) atoms. The molecule has 8 nitrogen and oxygen atoms in total. The van der Waals surface area contributed by atoms with Gasteiger partial charge in [0.2, 0.25) is 0 Å². The third kappa shape index (κ3) is 3.91. The number of rotatable bonds is 1. The maximum atomic E-state index is 9.10. The fraction of sp³-hybridized carbons (Fsp3) is 0.400. The normalized spacial score (nSPS) is 18.6. The van der Waals surface area contributed by atoms with Crippen LogP contribution >= 0.6 is 0 Å². The summed E-state index contributed by atoms with van der Waals surface area (Å²) in [6.45, 7) is 4.76. The molecule has 8 heteroatoms. The van der Waals surface area contributed by atoms with E-state index in [9.17, 15) is 0 Å². The van der Waals surface area contributed by atoms with Crippen molar-refractivity contribution in [3.63, 3.8) is 0 Å². The highest BCUT2D eigenvalue weighted by Crippen LogP contribution is 2.35. The number of ether oxygens (including phenoxy) is 1. The van der Waals surface area contributed by atoms with Gasteiger partial charge in [0.05, 0.1) is 18.8 Å². The van der Waals surface area contributed by atoms with Gasteiger partial charge in [-0.1, -0.05) is 12.1 Å². The van der Waals surface area contributed by atoms with Gasteiger partial charge in [0, 0.05) is 13.6 Å². The van der Waals surface area contributed by atoms with Crippen LogP contribution < -0.4 is 15.0 Å². The molecule has 0 fully saturated rings. The summed E-state index contributed by atoms with van der Waals surface area (Å²) < 4.78 is 6.03. The van der Waals surface area contributed by atoms with Gasteiger partial charge in [0.1, 0.15) is 11.6 Å². The van der Waals surface area contributed by atoms with Crippen molar-refractivity contribution in [1.29, 1.82) is 0 Å². The Morgan fingerprint density at radius 1 is 1.35 bits per heavy atom. The molecule has 1 aromatic rings. The first kappa shape index (κ1) is 16.6. The molecule has 0 spiro atoms. The summed E-state index contributed by atoms with van der Waals surface area (Å²) in [5.74, 6) is -1.70. The topological polar surface area (TPSA) is 111 Å². The second-order valence-corrected chi connectivity index (χ2v) is 5.21. The van der Waals surface area contributed by atoms with Crippen LogP contribution in [0.4, 0.5) is 5.69 Å². The molecule has 0 aliphatic carbocycles. The fourth-order valence-electron chi connectivity index (χ4n) is 2.52. The second-order valence-electron chi connectivity index (χ2n) is 5.21. The van der Waals surface area contributed by atoms with Gasteiger partial charge >= 0.3 is 11.9 Å². The molecular weight excluding hydrogens is 302 g/mol. The van der Waals surface area contributed by atoms with Gasteiger partial charge in [-0.15, -0.1) is 0 Å². The largest absolute Gasteiger partial charge is 0.478 e. The zero-order chi connectivity index (χ0) is 17.0. The minimum atomic E-state index is -1.82. The van der Waals surface area contributed by atoms with Crippen molar-refractivity contribution in [2.75, 3.05) is 31.6 Å². The van der Waals surface area contributed by atoms with Crippen LogP contribution in [0.25, 0.3) is 0 Å². The number of aliphatic carboxylic acids is 2. The molecule has 1 atom stereocenters. The van der Waals surface area contributed by atoms with Gasteiger partial charge in [-0.25, -0.2) is 9.59 Å². The Hall–Kier alpha value is -2.77. The van der Waals surface area contributed by atoms with E-state index in [4.69, 9.17) is 24.5 Å². The highest BCUT2D eigenvalue weighted by Gasteiger charge is 2.29. The maximum Gasteiger partial charge on any atom is 0.414 e. The number of nitrogens with zero attached hydrogens (tertiary/aromatic N) is 2. The van der Waals surface area contributed by atoms with E-state index in [1.807, 2.05) is 12.1 Å². The van der Waals surface area contributed by atoms with Crippen molar-refractivity contribution < 1.29 is 24.5 Å². The van der Waals surface area contributed by atoms with E-state index in [2.05, 4.69) is 35.2 Å². The Bertz CT molecular complexity index is 632. The van der Waals surface area contributed by atoms with E-state index in [1.54, 1.807) is 0 Å².